The number of nitrogens with zero attached hydrogens (tertiary/aromatic N) is 2. The lowest BCUT2D eigenvalue weighted by Crippen LogP contribution is -2.07. The third-order valence-corrected chi connectivity index (χ3v) is 2.28. The minimum atomic E-state index is -0.628. The number of halogens is 2. The summed E-state index contributed by atoms with van der Waals surface area (Å²) in [5, 5.41) is 7.41. The van der Waals surface area contributed by atoms with E-state index in [4.69, 9.17) is 23.2 Å². The van der Waals surface area contributed by atoms with Crippen molar-refractivity contribution in [2.24, 2.45) is 0 Å². The maximum absolute atomic E-state index is 11.0. The number of carbonyl (C=O) groups is 1. The van der Waals surface area contributed by atoms with Gasteiger partial charge in [0, 0.05) is 5.56 Å². The van der Waals surface area contributed by atoms with Crippen molar-refractivity contribution >= 4 is 29.2 Å². The summed E-state index contributed by atoms with van der Waals surface area (Å²) in [6.07, 6.45) is 0. The molecule has 0 spiro atoms. The van der Waals surface area contributed by atoms with Gasteiger partial charge in [0.15, 0.2) is 10.8 Å². The zero-order valence-corrected chi connectivity index (χ0v) is 8.48. The van der Waals surface area contributed by atoms with Crippen molar-refractivity contribution in [3.05, 3.63) is 21.4 Å². The summed E-state index contributed by atoms with van der Waals surface area (Å²) in [6, 6.07) is 0. The molecule has 0 unspecified atom stereocenters. The van der Waals surface area contributed by atoms with E-state index in [2.05, 4.69) is 14.9 Å². The second kappa shape index (κ2) is 3.89. The number of esters is 1. The Labute approximate surface area is 84.8 Å². The average Bonchev–Trinajstić information content (AvgIpc) is 2.13. The van der Waals surface area contributed by atoms with Crippen molar-refractivity contribution < 1.29 is 9.53 Å². The minimum absolute atomic E-state index is 0.0222. The van der Waals surface area contributed by atoms with E-state index in [1.54, 1.807) is 6.92 Å². The summed E-state index contributed by atoms with van der Waals surface area (Å²) in [6.45, 7) is 1.64. The Balaban J connectivity index is 3.26. The molecular formula is C7H6Cl2N2O2. The Morgan fingerprint density at radius 1 is 1.38 bits per heavy atom. The standard InChI is InChI=1S/C7H6Cl2N2O2/c1-3-4(8)5(7(12)13-2)10-11-6(3)9/h1-2H3. The smallest absolute Gasteiger partial charge is 0.360 e. The van der Waals surface area contributed by atoms with Gasteiger partial charge in [0.1, 0.15) is 0 Å². The van der Waals surface area contributed by atoms with Crippen molar-refractivity contribution in [1.82, 2.24) is 10.2 Å². The van der Waals surface area contributed by atoms with Gasteiger partial charge in [0.2, 0.25) is 0 Å². The molecule has 13 heavy (non-hydrogen) atoms. The number of aromatic nitrogens is 2. The lowest BCUT2D eigenvalue weighted by molar-refractivity contribution is 0.0593. The molecule has 0 atom stereocenters. The number of hydrogen-bond donors (Lipinski definition) is 0. The molecule has 6 heteroatoms. The van der Waals surface area contributed by atoms with Crippen LogP contribution in [-0.4, -0.2) is 23.3 Å². The van der Waals surface area contributed by atoms with Crippen molar-refractivity contribution in [2.45, 2.75) is 6.92 Å². The Morgan fingerprint density at radius 2 is 2.00 bits per heavy atom. The number of ether oxygens (including phenoxy) is 1. The lowest BCUT2D eigenvalue weighted by atomic mass is 10.3. The highest BCUT2D eigenvalue weighted by Gasteiger charge is 2.16. The van der Waals surface area contributed by atoms with Gasteiger partial charge < -0.3 is 4.74 Å². The van der Waals surface area contributed by atoms with Crippen LogP contribution in [0.15, 0.2) is 0 Å². The Hall–Kier alpha value is -0.870. The third-order valence-electron chi connectivity index (χ3n) is 1.46. The zero-order chi connectivity index (χ0) is 10.0. The first-order valence-electron chi connectivity index (χ1n) is 3.34. The molecule has 0 aliphatic carbocycles. The van der Waals surface area contributed by atoms with E-state index in [1.165, 1.54) is 7.11 Å². The highest BCUT2D eigenvalue weighted by Crippen LogP contribution is 2.23. The van der Waals surface area contributed by atoms with Crippen molar-refractivity contribution in [3.63, 3.8) is 0 Å². The van der Waals surface area contributed by atoms with Gasteiger partial charge in [-0.3, -0.25) is 0 Å². The van der Waals surface area contributed by atoms with Gasteiger partial charge in [-0.15, -0.1) is 10.2 Å². The maximum Gasteiger partial charge on any atom is 0.360 e. The van der Waals surface area contributed by atoms with E-state index in [-0.39, 0.29) is 15.9 Å². The summed E-state index contributed by atoms with van der Waals surface area (Å²) in [7, 11) is 1.24. The molecule has 0 aliphatic rings. The van der Waals surface area contributed by atoms with Gasteiger partial charge in [-0.1, -0.05) is 23.2 Å². The van der Waals surface area contributed by atoms with Crippen molar-refractivity contribution in [2.75, 3.05) is 7.11 Å². The predicted molar refractivity (Wildman–Crippen MR) is 48.1 cm³/mol. The molecule has 0 saturated heterocycles. The van der Waals surface area contributed by atoms with Crippen LogP contribution in [-0.2, 0) is 4.74 Å². The van der Waals surface area contributed by atoms with E-state index >= 15 is 0 Å². The lowest BCUT2D eigenvalue weighted by Gasteiger charge is -2.03. The van der Waals surface area contributed by atoms with Gasteiger partial charge in [-0.2, -0.15) is 0 Å². The van der Waals surface area contributed by atoms with Crippen LogP contribution in [0.5, 0.6) is 0 Å². The second-order valence-corrected chi connectivity index (χ2v) is 3.01. The van der Waals surface area contributed by atoms with E-state index in [1.807, 2.05) is 0 Å². The van der Waals surface area contributed by atoms with Gasteiger partial charge in [-0.25, -0.2) is 4.79 Å². The fourth-order valence-electron chi connectivity index (χ4n) is 0.708. The summed E-state index contributed by atoms with van der Waals surface area (Å²) in [5.41, 5.74) is 0.491. The number of carbonyl (C=O) groups excluding carboxylic acids is 1. The zero-order valence-electron chi connectivity index (χ0n) is 6.97. The molecule has 70 valence electrons. The molecule has 0 radical (unpaired) electrons. The van der Waals surface area contributed by atoms with E-state index < -0.39 is 5.97 Å². The molecule has 1 heterocycles. The molecule has 0 aliphatic heterocycles. The fourth-order valence-corrected chi connectivity index (χ4v) is 1.09. The largest absolute Gasteiger partial charge is 0.464 e. The topological polar surface area (TPSA) is 52.1 Å². The van der Waals surface area contributed by atoms with E-state index in [0.29, 0.717) is 5.56 Å². The van der Waals surface area contributed by atoms with Crippen LogP contribution >= 0.6 is 23.2 Å². The number of methoxy groups -OCH3 is 1. The van der Waals surface area contributed by atoms with E-state index in [0.717, 1.165) is 0 Å². The van der Waals surface area contributed by atoms with Crippen LogP contribution in [0.25, 0.3) is 0 Å². The molecule has 0 saturated carbocycles. The SMILES string of the molecule is COC(=O)c1nnc(Cl)c(C)c1Cl. The number of hydrogen-bond acceptors (Lipinski definition) is 4. The van der Waals surface area contributed by atoms with Gasteiger partial charge in [-0.05, 0) is 6.92 Å². The molecule has 1 rings (SSSR count). The van der Waals surface area contributed by atoms with Crippen LogP contribution in [0.3, 0.4) is 0 Å². The summed E-state index contributed by atoms with van der Waals surface area (Å²) in [5.74, 6) is -0.628. The molecule has 0 N–H and O–H groups in total. The van der Waals surface area contributed by atoms with Crippen LogP contribution in [0.1, 0.15) is 16.1 Å². The Kier molecular flexibility index (Phi) is 3.06. The molecule has 0 amide bonds. The average molecular weight is 221 g/mol. The molecular weight excluding hydrogens is 215 g/mol. The molecule has 0 bridgehead atoms. The third kappa shape index (κ3) is 1.89. The first-order chi connectivity index (χ1) is 6.07. The summed E-state index contributed by atoms with van der Waals surface area (Å²) < 4.78 is 4.44. The monoisotopic (exact) mass is 220 g/mol. The molecule has 4 nitrogen and oxygen atoms in total. The second-order valence-electron chi connectivity index (χ2n) is 2.27. The molecule has 0 fully saturated rings. The van der Waals surface area contributed by atoms with Crippen LogP contribution in [0.4, 0.5) is 0 Å². The minimum Gasteiger partial charge on any atom is -0.464 e. The van der Waals surface area contributed by atoms with Crippen molar-refractivity contribution in [3.8, 4) is 0 Å². The van der Waals surface area contributed by atoms with E-state index in [9.17, 15) is 4.79 Å². The predicted octanol–water partition coefficient (Wildman–Crippen LogP) is 1.88. The normalized spacial score (nSPS) is 9.85. The van der Waals surface area contributed by atoms with Crippen LogP contribution in [0.2, 0.25) is 10.2 Å². The Bertz CT molecular complexity index is 355. The first-order valence-corrected chi connectivity index (χ1v) is 4.10. The number of rotatable bonds is 1. The van der Waals surface area contributed by atoms with Crippen LogP contribution < -0.4 is 0 Å². The quantitative estimate of drug-likeness (QED) is 0.679. The Morgan fingerprint density at radius 3 is 2.54 bits per heavy atom. The molecule has 1 aromatic heterocycles. The summed E-state index contributed by atoms with van der Waals surface area (Å²) >= 11 is 11.4. The summed E-state index contributed by atoms with van der Waals surface area (Å²) in [4.78, 5) is 11.0. The highest BCUT2D eigenvalue weighted by molar-refractivity contribution is 6.36. The molecule has 1 aromatic rings. The van der Waals surface area contributed by atoms with Gasteiger partial charge in [0.05, 0.1) is 12.1 Å². The molecule has 0 aromatic carbocycles. The van der Waals surface area contributed by atoms with Crippen LogP contribution in [0, 0.1) is 6.92 Å². The maximum atomic E-state index is 11.0. The van der Waals surface area contributed by atoms with Crippen molar-refractivity contribution in [1.29, 1.82) is 0 Å². The first kappa shape index (κ1) is 10.2. The van der Waals surface area contributed by atoms with Gasteiger partial charge >= 0.3 is 5.97 Å². The fraction of sp³-hybridized carbons (Fsp3) is 0.286. The highest BCUT2D eigenvalue weighted by atomic mass is 35.5. The van der Waals surface area contributed by atoms with Gasteiger partial charge in [0.25, 0.3) is 0 Å².